The van der Waals surface area contributed by atoms with Crippen molar-refractivity contribution in [1.29, 1.82) is 0 Å². The van der Waals surface area contributed by atoms with Gasteiger partial charge in [0.1, 0.15) is 0 Å². The number of methoxy groups -OCH3 is 4. The molecule has 2 aromatic carbocycles. The van der Waals surface area contributed by atoms with E-state index in [-0.39, 0.29) is 5.91 Å². The number of ether oxygens (including phenoxy) is 4. The van der Waals surface area contributed by atoms with Crippen molar-refractivity contribution in [1.82, 2.24) is 10.3 Å². The Balaban J connectivity index is 1.80. The lowest BCUT2D eigenvalue weighted by molar-refractivity contribution is 0.0952. The van der Waals surface area contributed by atoms with E-state index in [1.54, 1.807) is 46.8 Å². The maximum Gasteiger partial charge on any atom is 0.253 e. The van der Waals surface area contributed by atoms with E-state index in [1.165, 1.54) is 0 Å². The van der Waals surface area contributed by atoms with Crippen LogP contribution in [0.4, 0.5) is 0 Å². The number of fused-ring (bicyclic) bond motifs is 1. The Morgan fingerprint density at radius 2 is 1.52 bits per heavy atom. The van der Waals surface area contributed by atoms with Crippen molar-refractivity contribution in [2.75, 3.05) is 28.4 Å². The largest absolute Gasteiger partial charge is 0.493 e. The van der Waals surface area contributed by atoms with Gasteiger partial charge in [0.25, 0.3) is 5.91 Å². The van der Waals surface area contributed by atoms with Crippen LogP contribution in [-0.2, 0) is 6.54 Å². The van der Waals surface area contributed by atoms with Gasteiger partial charge < -0.3 is 29.2 Å². The molecule has 3 aromatic rings. The zero-order valence-corrected chi connectivity index (χ0v) is 15.7. The Morgan fingerprint density at radius 1 is 0.889 bits per heavy atom. The summed E-state index contributed by atoms with van der Waals surface area (Å²) in [7, 11) is 6.30. The second kappa shape index (κ2) is 7.90. The van der Waals surface area contributed by atoms with Gasteiger partial charge in [-0.2, -0.15) is 0 Å². The zero-order valence-electron chi connectivity index (χ0n) is 15.7. The van der Waals surface area contributed by atoms with Crippen LogP contribution in [0, 0.1) is 0 Å². The normalized spacial score (nSPS) is 10.5. The fourth-order valence-corrected chi connectivity index (χ4v) is 2.90. The van der Waals surface area contributed by atoms with E-state index in [1.807, 2.05) is 18.2 Å². The molecule has 142 valence electrons. The van der Waals surface area contributed by atoms with Crippen LogP contribution in [-0.4, -0.2) is 39.3 Å². The molecule has 0 atom stereocenters. The first-order valence-corrected chi connectivity index (χ1v) is 8.33. The molecule has 1 amide bonds. The summed E-state index contributed by atoms with van der Waals surface area (Å²) in [6.45, 7) is 0.360. The molecule has 1 aromatic heterocycles. The summed E-state index contributed by atoms with van der Waals surface area (Å²) in [6.07, 6.45) is 1.67. The molecular formula is C20H22N2O5. The first kappa shape index (κ1) is 18.4. The van der Waals surface area contributed by atoms with Gasteiger partial charge in [-0.15, -0.1) is 0 Å². The van der Waals surface area contributed by atoms with E-state index in [0.717, 1.165) is 16.5 Å². The van der Waals surface area contributed by atoms with Crippen LogP contribution in [0.1, 0.15) is 15.9 Å². The number of carbonyl (C=O) groups excluding carboxylic acids is 1. The third-order valence-corrected chi connectivity index (χ3v) is 4.33. The van der Waals surface area contributed by atoms with Crippen molar-refractivity contribution < 1.29 is 23.7 Å². The second-order valence-electron chi connectivity index (χ2n) is 5.83. The Labute approximate surface area is 157 Å². The number of benzene rings is 2. The number of carbonyl (C=O) groups is 1. The van der Waals surface area contributed by atoms with Gasteiger partial charge in [0.2, 0.25) is 0 Å². The lowest BCUT2D eigenvalue weighted by Crippen LogP contribution is -2.22. The molecule has 0 spiro atoms. The van der Waals surface area contributed by atoms with Gasteiger partial charge >= 0.3 is 0 Å². The molecule has 0 saturated carbocycles. The van der Waals surface area contributed by atoms with E-state index in [0.29, 0.717) is 35.1 Å². The van der Waals surface area contributed by atoms with Crippen molar-refractivity contribution >= 4 is 16.8 Å². The number of hydrogen-bond donors (Lipinski definition) is 2. The molecular weight excluding hydrogens is 348 g/mol. The van der Waals surface area contributed by atoms with Crippen molar-refractivity contribution in [3.8, 4) is 23.0 Å². The monoisotopic (exact) mass is 370 g/mol. The minimum atomic E-state index is -0.191. The van der Waals surface area contributed by atoms with Gasteiger partial charge in [-0.25, -0.2) is 0 Å². The number of amides is 1. The van der Waals surface area contributed by atoms with Gasteiger partial charge in [-0.3, -0.25) is 4.79 Å². The Bertz CT molecular complexity index is 964. The quantitative estimate of drug-likeness (QED) is 0.668. The predicted molar refractivity (Wildman–Crippen MR) is 102 cm³/mol. The van der Waals surface area contributed by atoms with Crippen molar-refractivity contribution in [3.05, 3.63) is 47.7 Å². The summed E-state index contributed by atoms with van der Waals surface area (Å²) in [5.41, 5.74) is 2.23. The smallest absolute Gasteiger partial charge is 0.253 e. The number of H-pyrrole nitrogens is 1. The maximum absolute atomic E-state index is 12.7. The highest BCUT2D eigenvalue weighted by Crippen LogP contribution is 2.33. The molecule has 3 rings (SSSR count). The lowest BCUT2D eigenvalue weighted by Gasteiger charge is -2.10. The van der Waals surface area contributed by atoms with E-state index >= 15 is 0 Å². The summed E-state index contributed by atoms with van der Waals surface area (Å²) < 4.78 is 21.1. The number of hydrogen-bond acceptors (Lipinski definition) is 5. The summed E-state index contributed by atoms with van der Waals surface area (Å²) >= 11 is 0. The molecule has 0 saturated heterocycles. The average molecular weight is 370 g/mol. The molecule has 0 bridgehead atoms. The SMILES string of the molecule is COc1ccc(CNC(=O)c2c[nH]c3cc(OC)c(OC)cc23)cc1OC. The zero-order chi connectivity index (χ0) is 19.4. The van der Waals surface area contributed by atoms with E-state index in [4.69, 9.17) is 18.9 Å². The molecule has 0 aliphatic carbocycles. The highest BCUT2D eigenvalue weighted by atomic mass is 16.5. The van der Waals surface area contributed by atoms with E-state index < -0.39 is 0 Å². The molecule has 7 nitrogen and oxygen atoms in total. The Morgan fingerprint density at radius 3 is 2.19 bits per heavy atom. The molecule has 7 heteroatoms. The van der Waals surface area contributed by atoms with Crippen molar-refractivity contribution in [2.45, 2.75) is 6.54 Å². The highest BCUT2D eigenvalue weighted by Gasteiger charge is 2.15. The van der Waals surface area contributed by atoms with Crippen LogP contribution in [0.5, 0.6) is 23.0 Å². The highest BCUT2D eigenvalue weighted by molar-refractivity contribution is 6.07. The van der Waals surface area contributed by atoms with Crippen LogP contribution < -0.4 is 24.3 Å². The Kier molecular flexibility index (Phi) is 5.40. The summed E-state index contributed by atoms with van der Waals surface area (Å²) in [6, 6.07) is 9.12. The van der Waals surface area contributed by atoms with Crippen LogP contribution in [0.25, 0.3) is 10.9 Å². The molecule has 2 N–H and O–H groups in total. The molecule has 0 aliphatic heterocycles. The van der Waals surface area contributed by atoms with Crippen LogP contribution in [0.3, 0.4) is 0 Å². The summed E-state index contributed by atoms with van der Waals surface area (Å²) in [4.78, 5) is 15.8. The van der Waals surface area contributed by atoms with Crippen LogP contribution >= 0.6 is 0 Å². The minimum absolute atomic E-state index is 0.191. The maximum atomic E-state index is 12.7. The van der Waals surface area contributed by atoms with E-state index in [2.05, 4.69) is 10.3 Å². The topological polar surface area (TPSA) is 81.8 Å². The third-order valence-electron chi connectivity index (χ3n) is 4.33. The van der Waals surface area contributed by atoms with E-state index in [9.17, 15) is 4.79 Å². The van der Waals surface area contributed by atoms with Gasteiger partial charge in [-0.05, 0) is 23.8 Å². The standard InChI is InChI=1S/C20H22N2O5/c1-24-16-6-5-12(7-17(16)25-2)10-22-20(23)14-11-21-15-9-19(27-4)18(26-3)8-13(14)15/h5-9,11,21H,10H2,1-4H3,(H,22,23). The number of aromatic nitrogens is 1. The van der Waals surface area contributed by atoms with Crippen LogP contribution in [0.2, 0.25) is 0 Å². The molecule has 27 heavy (non-hydrogen) atoms. The minimum Gasteiger partial charge on any atom is -0.493 e. The van der Waals surface area contributed by atoms with Gasteiger partial charge in [0, 0.05) is 24.2 Å². The summed E-state index contributed by atoms with van der Waals surface area (Å²) in [5.74, 6) is 2.24. The van der Waals surface area contributed by atoms with Crippen molar-refractivity contribution in [2.24, 2.45) is 0 Å². The second-order valence-corrected chi connectivity index (χ2v) is 5.83. The van der Waals surface area contributed by atoms with Crippen LogP contribution in [0.15, 0.2) is 36.5 Å². The average Bonchev–Trinajstić information content (AvgIpc) is 3.13. The number of rotatable bonds is 7. The fraction of sp³-hybridized carbons (Fsp3) is 0.250. The molecule has 1 heterocycles. The molecule has 0 fully saturated rings. The predicted octanol–water partition coefficient (Wildman–Crippen LogP) is 3.13. The number of nitrogens with one attached hydrogen (secondary N) is 2. The van der Waals surface area contributed by atoms with Gasteiger partial charge in [0.15, 0.2) is 23.0 Å². The third kappa shape index (κ3) is 3.62. The lowest BCUT2D eigenvalue weighted by atomic mass is 10.1. The molecule has 0 radical (unpaired) electrons. The first-order valence-electron chi connectivity index (χ1n) is 8.33. The number of aromatic amines is 1. The summed E-state index contributed by atoms with van der Waals surface area (Å²) in [5, 5.41) is 3.68. The van der Waals surface area contributed by atoms with Crippen molar-refractivity contribution in [3.63, 3.8) is 0 Å². The van der Waals surface area contributed by atoms with Gasteiger partial charge in [-0.1, -0.05) is 6.07 Å². The van der Waals surface area contributed by atoms with Gasteiger partial charge in [0.05, 0.1) is 39.5 Å². The molecule has 0 unspecified atom stereocenters. The molecule has 0 aliphatic rings. The Hall–Kier alpha value is -3.35. The first-order chi connectivity index (χ1) is 13.1. The fourth-order valence-electron chi connectivity index (χ4n) is 2.90.